The van der Waals surface area contributed by atoms with Crippen LogP contribution in [0, 0.1) is 17.5 Å². The van der Waals surface area contributed by atoms with Crippen LogP contribution in [0.5, 0.6) is 0 Å². The van der Waals surface area contributed by atoms with Crippen LogP contribution in [0.25, 0.3) is 11.1 Å². The van der Waals surface area contributed by atoms with E-state index in [1.165, 1.54) is 12.1 Å². The molecule has 184 valence electrons. The second-order valence-electron chi connectivity index (χ2n) is 9.32. The summed E-state index contributed by atoms with van der Waals surface area (Å²) in [5.74, 6) is -3.04. The standard InChI is InChI=1S/C30H31F3O2/c1-3-5-20-8-15-26(27(31)18-20)30(34)35-23-13-11-22(12-14-23)25-17-16-24(28(32)29(25)33)21-9-6-19(4-2)7-10-21/h6-10,15-18,22-23H,3-5,11-14H2,1-2H3. The van der Waals surface area contributed by atoms with Gasteiger partial charge in [0.2, 0.25) is 0 Å². The van der Waals surface area contributed by atoms with Crippen molar-refractivity contribution in [3.63, 3.8) is 0 Å². The highest BCUT2D eigenvalue weighted by Crippen LogP contribution is 2.38. The Morgan fingerprint density at radius 1 is 0.857 bits per heavy atom. The topological polar surface area (TPSA) is 26.3 Å². The lowest BCUT2D eigenvalue weighted by molar-refractivity contribution is 0.0189. The van der Waals surface area contributed by atoms with Crippen LogP contribution < -0.4 is 0 Å². The normalized spacial score (nSPS) is 17.9. The quantitative estimate of drug-likeness (QED) is 0.319. The molecule has 1 aliphatic rings. The van der Waals surface area contributed by atoms with Crippen LogP contribution >= 0.6 is 0 Å². The maximum atomic E-state index is 15.0. The molecule has 3 aromatic rings. The number of carbonyl (C=O) groups excluding carboxylic acids is 1. The molecule has 0 N–H and O–H groups in total. The van der Waals surface area contributed by atoms with E-state index in [-0.39, 0.29) is 23.1 Å². The molecule has 2 nitrogen and oxygen atoms in total. The highest BCUT2D eigenvalue weighted by molar-refractivity contribution is 5.89. The van der Waals surface area contributed by atoms with E-state index in [0.717, 1.165) is 30.4 Å². The van der Waals surface area contributed by atoms with E-state index in [0.29, 0.717) is 36.8 Å². The molecule has 1 fully saturated rings. The van der Waals surface area contributed by atoms with Crippen molar-refractivity contribution in [1.82, 2.24) is 0 Å². The number of hydrogen-bond donors (Lipinski definition) is 0. The van der Waals surface area contributed by atoms with Gasteiger partial charge in [-0.05, 0) is 78.8 Å². The molecule has 1 saturated carbocycles. The molecular formula is C30H31F3O2. The van der Waals surface area contributed by atoms with Gasteiger partial charge in [0, 0.05) is 5.56 Å². The van der Waals surface area contributed by atoms with Crippen molar-refractivity contribution in [1.29, 1.82) is 0 Å². The number of rotatable bonds is 7. The van der Waals surface area contributed by atoms with Gasteiger partial charge in [-0.2, -0.15) is 0 Å². The summed E-state index contributed by atoms with van der Waals surface area (Å²) in [6.07, 6.45) is 4.34. The number of carbonyl (C=O) groups is 1. The maximum absolute atomic E-state index is 15.0. The molecule has 3 aromatic carbocycles. The minimum absolute atomic E-state index is 0.0670. The molecule has 5 heteroatoms. The lowest BCUT2D eigenvalue weighted by Crippen LogP contribution is -2.25. The first-order valence-corrected chi connectivity index (χ1v) is 12.5. The molecule has 0 unspecified atom stereocenters. The molecule has 0 spiro atoms. The van der Waals surface area contributed by atoms with E-state index in [1.807, 2.05) is 38.1 Å². The molecule has 0 heterocycles. The second kappa shape index (κ2) is 11.1. The summed E-state index contributed by atoms with van der Waals surface area (Å²) in [7, 11) is 0. The van der Waals surface area contributed by atoms with Gasteiger partial charge in [-0.25, -0.2) is 18.0 Å². The summed E-state index contributed by atoms with van der Waals surface area (Å²) in [5, 5.41) is 0. The Kier molecular flexibility index (Phi) is 7.94. The van der Waals surface area contributed by atoms with Crippen LogP contribution in [-0.4, -0.2) is 12.1 Å². The van der Waals surface area contributed by atoms with E-state index in [9.17, 15) is 13.6 Å². The Labute approximate surface area is 205 Å². The van der Waals surface area contributed by atoms with E-state index >= 15 is 4.39 Å². The highest BCUT2D eigenvalue weighted by atomic mass is 19.2. The number of benzene rings is 3. The highest BCUT2D eigenvalue weighted by Gasteiger charge is 2.29. The number of halogens is 3. The van der Waals surface area contributed by atoms with Gasteiger partial charge in [-0.1, -0.05) is 62.7 Å². The van der Waals surface area contributed by atoms with Gasteiger partial charge in [0.15, 0.2) is 11.6 Å². The van der Waals surface area contributed by atoms with Gasteiger partial charge in [0.1, 0.15) is 11.9 Å². The first-order valence-electron chi connectivity index (χ1n) is 12.5. The van der Waals surface area contributed by atoms with Crippen LogP contribution in [0.1, 0.15) is 78.9 Å². The number of ether oxygens (including phenoxy) is 1. The average molecular weight is 481 g/mol. The summed E-state index contributed by atoms with van der Waals surface area (Å²) >= 11 is 0. The van der Waals surface area contributed by atoms with Gasteiger partial charge < -0.3 is 4.74 Å². The Morgan fingerprint density at radius 3 is 2.17 bits per heavy atom. The minimum Gasteiger partial charge on any atom is -0.459 e. The van der Waals surface area contributed by atoms with E-state index in [1.54, 1.807) is 18.2 Å². The summed E-state index contributed by atoms with van der Waals surface area (Å²) in [6.45, 7) is 4.05. The van der Waals surface area contributed by atoms with Gasteiger partial charge in [0.05, 0.1) is 5.56 Å². The van der Waals surface area contributed by atoms with Crippen molar-refractivity contribution in [2.45, 2.75) is 70.8 Å². The average Bonchev–Trinajstić information content (AvgIpc) is 2.86. The van der Waals surface area contributed by atoms with Crippen molar-refractivity contribution in [2.75, 3.05) is 0 Å². The molecule has 0 aliphatic heterocycles. The van der Waals surface area contributed by atoms with Crippen molar-refractivity contribution in [3.8, 4) is 11.1 Å². The van der Waals surface area contributed by atoms with E-state index < -0.39 is 23.4 Å². The fourth-order valence-corrected chi connectivity index (χ4v) is 4.90. The second-order valence-corrected chi connectivity index (χ2v) is 9.32. The third-order valence-electron chi connectivity index (χ3n) is 6.97. The molecule has 0 amide bonds. The number of aryl methyl sites for hydroxylation is 2. The third-order valence-corrected chi connectivity index (χ3v) is 6.97. The predicted octanol–water partition coefficient (Wildman–Crippen LogP) is 8.17. The molecule has 1 aliphatic carbocycles. The molecule has 0 aromatic heterocycles. The Hall–Kier alpha value is -3.08. The van der Waals surface area contributed by atoms with Gasteiger partial charge in [-0.3, -0.25) is 0 Å². The van der Waals surface area contributed by atoms with Crippen LogP contribution in [0.3, 0.4) is 0 Å². The summed E-state index contributed by atoms with van der Waals surface area (Å²) in [4.78, 5) is 12.5. The molecule has 0 bridgehead atoms. The zero-order chi connectivity index (χ0) is 24.9. The van der Waals surface area contributed by atoms with Gasteiger partial charge in [-0.15, -0.1) is 0 Å². The first-order chi connectivity index (χ1) is 16.9. The summed E-state index contributed by atoms with van der Waals surface area (Å²) < 4.78 is 49.9. The maximum Gasteiger partial charge on any atom is 0.341 e. The van der Waals surface area contributed by atoms with Gasteiger partial charge >= 0.3 is 5.97 Å². The largest absolute Gasteiger partial charge is 0.459 e. The van der Waals surface area contributed by atoms with Crippen molar-refractivity contribution >= 4 is 5.97 Å². The molecule has 0 saturated heterocycles. The Bertz CT molecular complexity index is 1180. The van der Waals surface area contributed by atoms with Crippen molar-refractivity contribution in [2.24, 2.45) is 0 Å². The number of esters is 1. The van der Waals surface area contributed by atoms with Gasteiger partial charge in [0.25, 0.3) is 0 Å². The van der Waals surface area contributed by atoms with Crippen LogP contribution in [0.2, 0.25) is 0 Å². The SMILES string of the molecule is CCCc1ccc(C(=O)OC2CCC(c3ccc(-c4ccc(CC)cc4)c(F)c3F)CC2)c(F)c1. The zero-order valence-electron chi connectivity index (χ0n) is 20.3. The fraction of sp³-hybridized carbons (Fsp3) is 0.367. The van der Waals surface area contributed by atoms with Crippen molar-refractivity contribution in [3.05, 3.63) is 94.3 Å². The monoisotopic (exact) mass is 480 g/mol. The Balaban J connectivity index is 1.39. The number of hydrogen-bond acceptors (Lipinski definition) is 2. The van der Waals surface area contributed by atoms with Crippen LogP contribution in [-0.2, 0) is 17.6 Å². The van der Waals surface area contributed by atoms with E-state index in [2.05, 4.69) is 0 Å². The fourth-order valence-electron chi connectivity index (χ4n) is 4.90. The lowest BCUT2D eigenvalue weighted by atomic mass is 9.82. The molecule has 4 rings (SSSR count). The molecule has 0 radical (unpaired) electrons. The van der Waals surface area contributed by atoms with Crippen LogP contribution in [0.15, 0.2) is 54.6 Å². The smallest absolute Gasteiger partial charge is 0.341 e. The third kappa shape index (κ3) is 5.61. The molecule has 35 heavy (non-hydrogen) atoms. The molecule has 0 atom stereocenters. The van der Waals surface area contributed by atoms with E-state index in [4.69, 9.17) is 4.74 Å². The van der Waals surface area contributed by atoms with Crippen molar-refractivity contribution < 1.29 is 22.7 Å². The zero-order valence-corrected chi connectivity index (χ0v) is 20.3. The summed E-state index contributed by atoms with van der Waals surface area (Å²) in [6, 6.07) is 15.4. The predicted molar refractivity (Wildman–Crippen MR) is 132 cm³/mol. The van der Waals surface area contributed by atoms with Crippen LogP contribution in [0.4, 0.5) is 13.2 Å². The first kappa shape index (κ1) is 25.0. The lowest BCUT2D eigenvalue weighted by Gasteiger charge is -2.29. The summed E-state index contributed by atoms with van der Waals surface area (Å²) in [5.41, 5.74) is 3.18. The minimum atomic E-state index is -0.831. The Morgan fingerprint density at radius 2 is 1.54 bits per heavy atom. The molecular weight excluding hydrogens is 449 g/mol.